The Morgan fingerprint density at radius 1 is 1.47 bits per heavy atom. The second-order valence-corrected chi connectivity index (χ2v) is 5.34. The molecule has 0 heterocycles. The molecule has 0 aromatic carbocycles. The fourth-order valence-corrected chi connectivity index (χ4v) is 2.07. The van der Waals surface area contributed by atoms with Gasteiger partial charge in [-0.1, -0.05) is 26.0 Å². The first-order chi connectivity index (χ1) is 8.82. The van der Waals surface area contributed by atoms with Crippen molar-refractivity contribution < 1.29 is 19.4 Å². The lowest BCUT2D eigenvalue weighted by Crippen LogP contribution is -2.38. The highest BCUT2D eigenvalue weighted by molar-refractivity contribution is 5.84. The molecule has 0 saturated heterocycles. The first kappa shape index (κ1) is 15.4. The molecule has 1 N–H and O–H groups in total. The summed E-state index contributed by atoms with van der Waals surface area (Å²) in [4.78, 5) is 22.8. The van der Waals surface area contributed by atoms with Crippen molar-refractivity contribution in [3.05, 3.63) is 34.9 Å². The molecule has 1 rings (SSSR count). The van der Waals surface area contributed by atoms with Crippen molar-refractivity contribution in [1.82, 2.24) is 0 Å². The molecule has 0 saturated carbocycles. The lowest BCUT2D eigenvalue weighted by molar-refractivity contribution is -0.145. The van der Waals surface area contributed by atoms with Crippen LogP contribution in [-0.4, -0.2) is 30.1 Å². The smallest absolute Gasteiger partial charge is 0.331 e. The van der Waals surface area contributed by atoms with Gasteiger partial charge in [-0.25, -0.2) is 4.79 Å². The molecule has 0 aromatic heterocycles. The summed E-state index contributed by atoms with van der Waals surface area (Å²) >= 11 is 0. The maximum atomic E-state index is 11.8. The Morgan fingerprint density at radius 2 is 2.11 bits per heavy atom. The average molecular weight is 264 g/mol. The number of aliphatic hydroxyl groups excluding tert-OH is 1. The summed E-state index contributed by atoms with van der Waals surface area (Å²) in [6.07, 6.45) is 5.12. The highest BCUT2D eigenvalue weighted by atomic mass is 16.5. The Hall–Kier alpha value is -1.68. The van der Waals surface area contributed by atoms with E-state index in [9.17, 15) is 9.59 Å². The van der Waals surface area contributed by atoms with Gasteiger partial charge in [0.25, 0.3) is 0 Å². The molecule has 104 valence electrons. The average Bonchev–Trinajstić information content (AvgIpc) is 2.34. The van der Waals surface area contributed by atoms with Gasteiger partial charge in [-0.2, -0.15) is 0 Å². The molecule has 4 heteroatoms. The standard InChI is InChI=1S/C15H20O4/c1-10(8-16)7-13(18)19-14-11(2)5-6-12(9-17)15(14,3)4/h5-7,9,14,16H,8H2,1-4H3/b10-7+/t14-/m1/s1. The minimum atomic E-state index is -0.558. The van der Waals surface area contributed by atoms with Crippen LogP contribution in [0.25, 0.3) is 0 Å². The lowest BCUT2D eigenvalue weighted by Gasteiger charge is -2.36. The molecule has 0 unspecified atom stereocenters. The summed E-state index contributed by atoms with van der Waals surface area (Å²) in [5.74, 6) is -0.510. The zero-order valence-electron chi connectivity index (χ0n) is 11.8. The molecular formula is C15H20O4. The normalized spacial score (nSPS) is 22.4. The Kier molecular flexibility index (Phi) is 4.84. The van der Waals surface area contributed by atoms with Gasteiger partial charge in [0.15, 0.2) is 0 Å². The van der Waals surface area contributed by atoms with Crippen molar-refractivity contribution in [3.63, 3.8) is 0 Å². The topological polar surface area (TPSA) is 63.6 Å². The number of carbonyl (C=O) groups excluding carboxylic acids is 2. The summed E-state index contributed by atoms with van der Waals surface area (Å²) in [7, 11) is 0. The third kappa shape index (κ3) is 3.41. The summed E-state index contributed by atoms with van der Waals surface area (Å²) in [5.41, 5.74) is 1.46. The van der Waals surface area contributed by atoms with Crippen molar-refractivity contribution in [2.24, 2.45) is 5.41 Å². The molecule has 19 heavy (non-hydrogen) atoms. The number of rotatable bonds is 4. The maximum absolute atomic E-state index is 11.8. The van der Waals surface area contributed by atoms with Crippen LogP contribution in [0.2, 0.25) is 0 Å². The van der Waals surface area contributed by atoms with E-state index in [4.69, 9.17) is 9.84 Å². The maximum Gasteiger partial charge on any atom is 0.331 e. The number of hydrogen-bond acceptors (Lipinski definition) is 4. The molecule has 0 spiro atoms. The van der Waals surface area contributed by atoms with Crippen LogP contribution < -0.4 is 0 Å². The van der Waals surface area contributed by atoms with Gasteiger partial charge in [0.05, 0.1) is 6.61 Å². The van der Waals surface area contributed by atoms with Crippen molar-refractivity contribution in [2.45, 2.75) is 33.8 Å². The van der Waals surface area contributed by atoms with Gasteiger partial charge >= 0.3 is 5.97 Å². The van der Waals surface area contributed by atoms with Crippen LogP contribution in [0.4, 0.5) is 0 Å². The molecule has 0 aromatic rings. The Balaban J connectivity index is 2.95. The highest BCUT2D eigenvalue weighted by Gasteiger charge is 2.38. The monoisotopic (exact) mass is 264 g/mol. The summed E-state index contributed by atoms with van der Waals surface area (Å²) in [5, 5.41) is 8.88. The summed E-state index contributed by atoms with van der Waals surface area (Å²) in [6.45, 7) is 7.05. The zero-order valence-corrected chi connectivity index (χ0v) is 11.8. The summed E-state index contributed by atoms with van der Waals surface area (Å²) in [6, 6.07) is 0. The predicted octanol–water partition coefficient (Wildman–Crippen LogP) is 1.95. The molecular weight excluding hydrogens is 244 g/mol. The highest BCUT2D eigenvalue weighted by Crippen LogP contribution is 2.38. The first-order valence-corrected chi connectivity index (χ1v) is 6.15. The largest absolute Gasteiger partial charge is 0.454 e. The number of allylic oxidation sites excluding steroid dienone is 2. The van der Waals surface area contributed by atoms with E-state index < -0.39 is 17.5 Å². The summed E-state index contributed by atoms with van der Waals surface area (Å²) < 4.78 is 5.43. The van der Waals surface area contributed by atoms with Crippen molar-refractivity contribution in [2.75, 3.05) is 6.61 Å². The lowest BCUT2D eigenvalue weighted by atomic mass is 9.73. The molecule has 0 fully saturated rings. The van der Waals surface area contributed by atoms with Gasteiger partial charge in [0, 0.05) is 17.1 Å². The van der Waals surface area contributed by atoms with Crippen LogP contribution in [0, 0.1) is 5.41 Å². The second-order valence-electron chi connectivity index (χ2n) is 5.34. The number of ether oxygens (including phenoxy) is 1. The quantitative estimate of drug-likeness (QED) is 0.479. The van der Waals surface area contributed by atoms with Crippen molar-refractivity contribution in [1.29, 1.82) is 0 Å². The van der Waals surface area contributed by atoms with Crippen LogP contribution in [0.3, 0.4) is 0 Å². The number of esters is 1. The zero-order chi connectivity index (χ0) is 14.6. The van der Waals surface area contributed by atoms with E-state index in [0.717, 1.165) is 11.9 Å². The molecule has 1 aliphatic carbocycles. The molecule has 1 aliphatic rings. The van der Waals surface area contributed by atoms with E-state index in [1.54, 1.807) is 19.1 Å². The SMILES string of the molecule is CC1=CC=C(C=O)C(C)(C)[C@@H]1OC(=O)/C=C(\C)CO. The molecule has 0 bridgehead atoms. The second kappa shape index (κ2) is 5.97. The van der Waals surface area contributed by atoms with Crippen molar-refractivity contribution in [3.8, 4) is 0 Å². The Morgan fingerprint density at radius 3 is 2.63 bits per heavy atom. The van der Waals surface area contributed by atoms with Crippen LogP contribution in [-0.2, 0) is 14.3 Å². The number of aliphatic hydroxyl groups is 1. The molecule has 1 atom stereocenters. The van der Waals surface area contributed by atoms with E-state index in [-0.39, 0.29) is 6.61 Å². The van der Waals surface area contributed by atoms with Gasteiger partial charge < -0.3 is 9.84 Å². The van der Waals surface area contributed by atoms with Crippen LogP contribution in [0.1, 0.15) is 27.7 Å². The van der Waals surface area contributed by atoms with E-state index in [1.807, 2.05) is 20.8 Å². The fraction of sp³-hybridized carbons (Fsp3) is 0.467. The Labute approximate surface area is 113 Å². The van der Waals surface area contributed by atoms with E-state index in [0.29, 0.717) is 11.1 Å². The van der Waals surface area contributed by atoms with Crippen LogP contribution >= 0.6 is 0 Å². The van der Waals surface area contributed by atoms with Crippen LogP contribution in [0.5, 0.6) is 0 Å². The van der Waals surface area contributed by atoms with Gasteiger partial charge in [-0.15, -0.1) is 0 Å². The number of carbonyl (C=O) groups is 2. The molecule has 4 nitrogen and oxygen atoms in total. The van der Waals surface area contributed by atoms with E-state index in [1.165, 1.54) is 6.08 Å². The first-order valence-electron chi connectivity index (χ1n) is 6.15. The molecule has 0 amide bonds. The van der Waals surface area contributed by atoms with E-state index >= 15 is 0 Å². The Bertz CT molecular complexity index is 467. The minimum Gasteiger partial charge on any atom is -0.454 e. The van der Waals surface area contributed by atoms with Gasteiger partial charge in [0.2, 0.25) is 0 Å². The van der Waals surface area contributed by atoms with Gasteiger partial charge in [-0.05, 0) is 25.0 Å². The fourth-order valence-electron chi connectivity index (χ4n) is 2.07. The molecule has 0 radical (unpaired) electrons. The van der Waals surface area contributed by atoms with E-state index in [2.05, 4.69) is 0 Å². The third-order valence-corrected chi connectivity index (χ3v) is 3.31. The minimum absolute atomic E-state index is 0.183. The number of hydrogen-bond donors (Lipinski definition) is 1. The van der Waals surface area contributed by atoms with Crippen LogP contribution in [0.15, 0.2) is 34.9 Å². The van der Waals surface area contributed by atoms with Gasteiger partial charge in [0.1, 0.15) is 12.4 Å². The third-order valence-electron chi connectivity index (χ3n) is 3.31. The number of aldehydes is 1. The van der Waals surface area contributed by atoms with Crippen molar-refractivity contribution >= 4 is 12.3 Å². The predicted molar refractivity (Wildman–Crippen MR) is 72.4 cm³/mol. The van der Waals surface area contributed by atoms with Gasteiger partial charge in [-0.3, -0.25) is 4.79 Å². The molecule has 0 aliphatic heterocycles.